The zero-order valence-electron chi connectivity index (χ0n) is 34.9. The number of hydrogen-bond acceptors (Lipinski definition) is 13. The third-order valence-electron chi connectivity index (χ3n) is 10.3. The van der Waals surface area contributed by atoms with E-state index in [-0.39, 0.29) is 72.3 Å². The van der Waals surface area contributed by atoms with Gasteiger partial charge < -0.3 is 54.5 Å². The zero-order valence-corrected chi connectivity index (χ0v) is 34.9. The molecule has 3 heterocycles. The van der Waals surface area contributed by atoms with E-state index in [0.29, 0.717) is 62.5 Å². The molecule has 4 amide bonds. The summed E-state index contributed by atoms with van der Waals surface area (Å²) < 4.78 is 23.3. The van der Waals surface area contributed by atoms with Crippen LogP contribution in [0.2, 0.25) is 0 Å². The summed E-state index contributed by atoms with van der Waals surface area (Å²) in [6.07, 6.45) is -1.18. The first-order valence-corrected chi connectivity index (χ1v) is 20.1. The Labute approximate surface area is 349 Å². The predicted octanol–water partition coefficient (Wildman–Crippen LogP) is 3.84. The van der Waals surface area contributed by atoms with Crippen LogP contribution >= 0.6 is 0 Å². The lowest BCUT2D eigenvalue weighted by atomic mass is 9.77. The van der Waals surface area contributed by atoms with Crippen molar-refractivity contribution in [2.75, 3.05) is 79.0 Å². The molecule has 1 spiro atoms. The first-order chi connectivity index (χ1) is 28.4. The quantitative estimate of drug-likeness (QED) is 0.152. The van der Waals surface area contributed by atoms with Gasteiger partial charge in [0.05, 0.1) is 18.2 Å². The normalized spacial score (nSPS) is 16.9. The smallest absolute Gasteiger partial charge is 0.410 e. The number of likely N-dealkylation sites (N-methyl/N-ethyl adjacent to an activating group) is 1. The summed E-state index contributed by atoms with van der Waals surface area (Å²) in [5.41, 5.74) is -0.400. The Morgan fingerprint density at radius 2 is 1.32 bits per heavy atom. The van der Waals surface area contributed by atoms with E-state index in [0.717, 1.165) is 0 Å². The van der Waals surface area contributed by atoms with E-state index in [1.54, 1.807) is 47.9 Å². The molecule has 0 unspecified atom stereocenters. The van der Waals surface area contributed by atoms with E-state index < -0.39 is 35.3 Å². The summed E-state index contributed by atoms with van der Waals surface area (Å²) in [5.74, 6) is -1.12. The number of nitrogens with zero attached hydrogens (tertiary/aromatic N) is 4. The van der Waals surface area contributed by atoms with Gasteiger partial charge in [0.2, 0.25) is 5.91 Å². The predicted molar refractivity (Wildman–Crippen MR) is 218 cm³/mol. The van der Waals surface area contributed by atoms with Crippen molar-refractivity contribution in [1.29, 1.82) is 0 Å². The van der Waals surface area contributed by atoms with Crippen LogP contribution in [0.5, 0.6) is 23.0 Å². The summed E-state index contributed by atoms with van der Waals surface area (Å²) in [6.45, 7) is 12.3. The second-order valence-electron chi connectivity index (χ2n) is 16.4. The zero-order chi connectivity index (χ0) is 43.4. The van der Waals surface area contributed by atoms with Crippen LogP contribution in [0.15, 0.2) is 54.6 Å². The summed E-state index contributed by atoms with van der Waals surface area (Å²) in [7, 11) is 1.93. The fourth-order valence-electron chi connectivity index (χ4n) is 7.27. The maximum Gasteiger partial charge on any atom is 0.410 e. The molecule has 1 saturated heterocycles. The molecule has 322 valence electrons. The van der Waals surface area contributed by atoms with Gasteiger partial charge in [0.1, 0.15) is 28.6 Å². The number of rotatable bonds is 7. The lowest BCUT2D eigenvalue weighted by Crippen LogP contribution is -2.50. The largest absolute Gasteiger partial charge is 0.508 e. The molecular formula is C43H54N6O11. The molecule has 0 radical (unpaired) electrons. The Balaban J connectivity index is 1.09. The van der Waals surface area contributed by atoms with Crippen molar-refractivity contribution >= 4 is 30.0 Å². The van der Waals surface area contributed by atoms with Crippen molar-refractivity contribution in [3.8, 4) is 23.0 Å². The van der Waals surface area contributed by atoms with Gasteiger partial charge in [-0.05, 0) is 78.1 Å². The van der Waals surface area contributed by atoms with Crippen LogP contribution in [0.25, 0.3) is 0 Å². The van der Waals surface area contributed by atoms with Crippen molar-refractivity contribution in [2.45, 2.75) is 51.9 Å². The fraction of sp³-hybridized carbons (Fsp3) is 0.465. The highest BCUT2D eigenvalue weighted by Gasteiger charge is 2.53. The van der Waals surface area contributed by atoms with Crippen LogP contribution in [-0.4, -0.2) is 151 Å². The maximum absolute atomic E-state index is 13.5. The van der Waals surface area contributed by atoms with Gasteiger partial charge in [-0.2, -0.15) is 0 Å². The molecule has 4 N–H and O–H groups in total. The molecule has 17 nitrogen and oxygen atoms in total. The Morgan fingerprint density at radius 3 is 1.90 bits per heavy atom. The number of amides is 4. The van der Waals surface area contributed by atoms with Gasteiger partial charge in [0.25, 0.3) is 5.91 Å². The van der Waals surface area contributed by atoms with Crippen molar-refractivity contribution in [2.24, 2.45) is 0 Å². The lowest BCUT2D eigenvalue weighted by molar-refractivity contribution is -0.122. The number of aromatic hydroxyl groups is 2. The van der Waals surface area contributed by atoms with Gasteiger partial charge in [-0.25, -0.2) is 14.4 Å². The van der Waals surface area contributed by atoms with Crippen LogP contribution < -0.4 is 15.4 Å². The van der Waals surface area contributed by atoms with Crippen LogP contribution in [0.3, 0.4) is 0 Å². The third kappa shape index (κ3) is 10.0. The summed E-state index contributed by atoms with van der Waals surface area (Å²) in [5, 5.41) is 26.0. The second-order valence-corrected chi connectivity index (χ2v) is 16.4. The topological polar surface area (TPSA) is 200 Å². The lowest BCUT2D eigenvalue weighted by Gasteiger charge is -2.36. The number of carbonyl (C=O) groups excluding carboxylic acids is 5. The molecule has 0 aromatic heterocycles. The van der Waals surface area contributed by atoms with Gasteiger partial charge in [-0.1, -0.05) is 6.07 Å². The van der Waals surface area contributed by atoms with Crippen LogP contribution in [0.1, 0.15) is 72.0 Å². The monoisotopic (exact) mass is 830 g/mol. The van der Waals surface area contributed by atoms with E-state index in [2.05, 4.69) is 10.6 Å². The molecule has 3 aliphatic rings. The molecule has 1 fully saturated rings. The van der Waals surface area contributed by atoms with Gasteiger partial charge in [0.15, 0.2) is 5.60 Å². The average Bonchev–Trinajstić information content (AvgIpc) is 3.45. The number of hydrogen-bond donors (Lipinski definition) is 4. The second kappa shape index (κ2) is 18.0. The number of carbonyl (C=O) groups is 5. The number of fused-ring (bicyclic) bond motifs is 6. The first kappa shape index (κ1) is 43.5. The average molecular weight is 831 g/mol. The summed E-state index contributed by atoms with van der Waals surface area (Å²) >= 11 is 0. The number of phenols is 2. The molecule has 0 aliphatic carbocycles. The fourth-order valence-corrected chi connectivity index (χ4v) is 7.27. The first-order valence-electron chi connectivity index (χ1n) is 20.1. The standard InChI is InChI=1S/C43H54N6O11/c1-27(2)57-40(55)48-19-15-46(6)16-20-49(41(56)60-42(3,4)5)22-18-47(17-21-48)26-37(52)44-13-14-45-38(53)28-7-10-32-31(23-28)39(54)59-43(32)33-11-8-29(50)24-35(33)58-36-25-30(51)9-12-34(36)43/h7-12,23-25,27,50-51H,13-22,26H2,1-6H3,(H,44,52)(H,45,53). The van der Waals surface area contributed by atoms with Crippen molar-refractivity contribution in [3.63, 3.8) is 0 Å². The van der Waals surface area contributed by atoms with E-state index in [1.807, 2.05) is 37.6 Å². The summed E-state index contributed by atoms with van der Waals surface area (Å²) in [4.78, 5) is 73.3. The van der Waals surface area contributed by atoms with Gasteiger partial charge in [0, 0.05) is 99.8 Å². The molecule has 0 bridgehead atoms. The number of phenolic OH excluding ortho intramolecular Hbond substituents is 2. The molecule has 3 aromatic rings. The minimum atomic E-state index is -1.46. The maximum atomic E-state index is 13.5. The Kier molecular flexibility index (Phi) is 13.1. The van der Waals surface area contributed by atoms with E-state index >= 15 is 0 Å². The minimum Gasteiger partial charge on any atom is -0.508 e. The van der Waals surface area contributed by atoms with Crippen molar-refractivity contribution < 1.29 is 53.1 Å². The van der Waals surface area contributed by atoms with Gasteiger partial charge in [-0.15, -0.1) is 0 Å². The number of ether oxygens (including phenoxy) is 4. The van der Waals surface area contributed by atoms with Gasteiger partial charge >= 0.3 is 18.2 Å². The Morgan fingerprint density at radius 1 is 0.767 bits per heavy atom. The minimum absolute atomic E-state index is 0.0334. The van der Waals surface area contributed by atoms with E-state index in [4.69, 9.17) is 18.9 Å². The molecule has 6 rings (SSSR count). The third-order valence-corrected chi connectivity index (χ3v) is 10.3. The van der Waals surface area contributed by atoms with Crippen molar-refractivity contribution in [1.82, 2.24) is 30.2 Å². The number of benzene rings is 3. The molecule has 3 aromatic carbocycles. The van der Waals surface area contributed by atoms with Gasteiger partial charge in [-0.3, -0.25) is 14.5 Å². The highest BCUT2D eigenvalue weighted by molar-refractivity contribution is 6.01. The molecule has 60 heavy (non-hydrogen) atoms. The summed E-state index contributed by atoms with van der Waals surface area (Å²) in [6, 6.07) is 13.6. The molecule has 17 heteroatoms. The highest BCUT2D eigenvalue weighted by atomic mass is 16.6. The van der Waals surface area contributed by atoms with Crippen LogP contribution in [0.4, 0.5) is 9.59 Å². The number of nitrogens with one attached hydrogen (secondary N) is 2. The van der Waals surface area contributed by atoms with Crippen molar-refractivity contribution in [3.05, 3.63) is 82.4 Å². The van der Waals surface area contributed by atoms with Crippen LogP contribution in [-0.2, 0) is 24.6 Å². The van der Waals surface area contributed by atoms with E-state index in [1.165, 1.54) is 30.3 Å². The number of esters is 1. The highest BCUT2D eigenvalue weighted by Crippen LogP contribution is 2.57. The Hall–Kier alpha value is -6.07. The molecule has 0 atom stereocenters. The molecule has 3 aliphatic heterocycles. The Bertz CT molecular complexity index is 2070. The molecular weight excluding hydrogens is 777 g/mol. The SMILES string of the molecule is CC(C)OC(=O)N1CCN(C)CCN(C(=O)OC(C)(C)C)CCN(CC(=O)NCCNC(=O)c2ccc3c(c2)C(=O)OC32c3ccc(O)cc3Oc3cc(O)ccc32)CC1. The van der Waals surface area contributed by atoms with Crippen LogP contribution in [0, 0.1) is 0 Å². The molecule has 0 saturated carbocycles. The van der Waals surface area contributed by atoms with E-state index in [9.17, 15) is 34.2 Å².